The predicted molar refractivity (Wildman–Crippen MR) is 478 cm³/mol. The summed E-state index contributed by atoms with van der Waals surface area (Å²) in [4.78, 5) is 25.6. The van der Waals surface area contributed by atoms with Crippen molar-refractivity contribution in [1.29, 1.82) is 42.1 Å². The van der Waals surface area contributed by atoms with Crippen LogP contribution in [-0.4, -0.2) is 0 Å². The minimum absolute atomic E-state index is 0.203. The first kappa shape index (κ1) is 89.6. The Morgan fingerprint density at radius 3 is 0.546 bits per heavy atom. The Balaban J connectivity index is 0.000000157. The molecule has 0 aromatic heterocycles. The molecule has 0 heterocycles. The van der Waals surface area contributed by atoms with E-state index in [1.54, 1.807) is 48.5 Å². The molecule has 0 amide bonds. The second kappa shape index (κ2) is 37.8. The van der Waals surface area contributed by atoms with Crippen LogP contribution >= 0.6 is 0 Å². The first-order chi connectivity index (χ1) is 62.6. The molecule has 0 fully saturated rings. The third kappa shape index (κ3) is 16.6. The summed E-state index contributed by atoms with van der Waals surface area (Å²) in [5.74, 6) is -6.79. The van der Waals surface area contributed by atoms with E-state index in [0.29, 0.717) is 77.9 Å². The Hall–Kier alpha value is -19.6. The molecule has 0 aliphatic rings. The molecule has 610 valence electrons. The van der Waals surface area contributed by atoms with Gasteiger partial charge in [0, 0.05) is 0 Å². The molecule has 130 heavy (non-hydrogen) atoms. The van der Waals surface area contributed by atoms with Crippen LogP contribution in [0.2, 0.25) is 0 Å². The molecule has 0 aliphatic carbocycles. The first-order valence-corrected chi connectivity index (χ1v) is 38.2. The molecule has 16 nitrogen and oxygen atoms in total. The van der Waals surface area contributed by atoms with Crippen LogP contribution in [0.4, 0.5) is 80.6 Å². The number of nitriles is 8. The Morgan fingerprint density at radius 2 is 0.362 bits per heavy atom. The molecular weight excluding hydrogens is 1650 g/mol. The summed E-state index contributed by atoms with van der Waals surface area (Å²) in [6, 6.07) is 66.3. The molecule has 15 aromatic rings. The van der Waals surface area contributed by atoms with Crippen LogP contribution in [0.3, 0.4) is 0 Å². The molecule has 0 radical (unpaired) electrons. The summed E-state index contributed by atoms with van der Waals surface area (Å²) in [5.41, 5.74) is 11.2. The highest BCUT2D eigenvalue weighted by molar-refractivity contribution is 6.22. The minimum atomic E-state index is -0.858. The summed E-state index contributed by atoms with van der Waals surface area (Å²) in [6.45, 7) is 69.1. The van der Waals surface area contributed by atoms with E-state index in [9.17, 15) is 77.2 Å². The van der Waals surface area contributed by atoms with E-state index in [0.717, 1.165) is 76.8 Å². The average molecular weight is 1700 g/mol. The van der Waals surface area contributed by atoms with Gasteiger partial charge in [0.15, 0.2) is 0 Å². The zero-order valence-electron chi connectivity index (χ0n) is 68.7. The van der Waals surface area contributed by atoms with Gasteiger partial charge in [0.1, 0.15) is 95.1 Å². The van der Waals surface area contributed by atoms with Crippen molar-refractivity contribution in [3.05, 3.63) is 410 Å². The van der Waals surface area contributed by atoms with Crippen LogP contribution in [0.25, 0.3) is 160 Å². The molecule has 0 bridgehead atoms. The molecule has 0 N–H and O–H groups in total. The van der Waals surface area contributed by atoms with Crippen molar-refractivity contribution in [3.63, 3.8) is 0 Å². The molecule has 0 unspecified atom stereocenters. The van der Waals surface area contributed by atoms with E-state index < -0.39 is 46.5 Å². The standard InChI is InChI=1S/C30H12F2N4.C26H10F2N4.C26H16F2N4.C24H12F2N4/c1-35-25-13-17(11-19(15-33)29(25)31)27-21-7-3-5-9-23(21)28(24-10-6-4-8-22(24)27)18-12-20(16-34)30(32)26(14-18)36-2;1-31-23-11-15(9-17(13-29)25(23)27)19-7-8-20(22-6-4-3-5-21(19)22)16-10-18(14-30)26(28)24(12-16)32-2;1-13-14(2)24(18-8-20(12-30)26(28)22(10-18)32-6)16(4)15(3)23(13)17-7-19(11-29)25(27)21(9-17)31-5;1-13-5-20(16-8-18(12-28)24(26)22(10-16)30-4)14(2)6-19(13)15-7-17(11-27)23(25)21(9-15)29-3/h3-14H;3-12H;7-10H,1-4H3;5-10H,1-2H3. The molecular formula is C106H50F8N16. The van der Waals surface area contributed by atoms with Crippen molar-refractivity contribution in [1.82, 2.24) is 0 Å². The fourth-order valence-corrected chi connectivity index (χ4v) is 15.5. The Morgan fingerprint density at radius 1 is 0.200 bits per heavy atom. The van der Waals surface area contributed by atoms with Gasteiger partial charge in [-0.1, -0.05) is 97.1 Å². The van der Waals surface area contributed by atoms with Crippen molar-refractivity contribution in [2.75, 3.05) is 0 Å². The van der Waals surface area contributed by atoms with Gasteiger partial charge in [0.2, 0.25) is 45.5 Å². The number of fused-ring (bicyclic) bond motifs is 3. The van der Waals surface area contributed by atoms with Crippen molar-refractivity contribution in [3.8, 4) is 138 Å². The van der Waals surface area contributed by atoms with E-state index in [4.69, 9.17) is 52.6 Å². The Kier molecular flexibility index (Phi) is 26.0. The van der Waals surface area contributed by atoms with E-state index in [1.807, 2.05) is 139 Å². The third-order valence-corrected chi connectivity index (χ3v) is 21.8. The maximum Gasteiger partial charge on any atom is 0.224 e. The summed E-state index contributed by atoms with van der Waals surface area (Å²) < 4.78 is 114. The maximum absolute atomic E-state index is 14.5. The lowest BCUT2D eigenvalue weighted by Gasteiger charge is -2.22. The summed E-state index contributed by atoms with van der Waals surface area (Å²) in [7, 11) is 0. The third-order valence-electron chi connectivity index (χ3n) is 21.8. The lowest BCUT2D eigenvalue weighted by atomic mass is 9.82. The highest BCUT2D eigenvalue weighted by Crippen LogP contribution is 2.49. The smallest absolute Gasteiger partial charge is 0.224 e. The van der Waals surface area contributed by atoms with Gasteiger partial charge in [-0.05, 0) is 293 Å². The zero-order chi connectivity index (χ0) is 94.0. The lowest BCUT2D eigenvalue weighted by Crippen LogP contribution is -2.01. The molecule has 0 spiro atoms. The van der Waals surface area contributed by atoms with Crippen LogP contribution in [0, 0.1) is 231 Å². The van der Waals surface area contributed by atoms with E-state index >= 15 is 0 Å². The highest BCUT2D eigenvalue weighted by Gasteiger charge is 2.27. The molecule has 0 saturated heterocycles. The van der Waals surface area contributed by atoms with Crippen molar-refractivity contribution in [2.24, 2.45) is 0 Å². The monoisotopic (exact) mass is 1700 g/mol. The number of halogens is 8. The van der Waals surface area contributed by atoms with Crippen LogP contribution in [0.1, 0.15) is 77.9 Å². The molecule has 0 atom stereocenters. The number of nitrogens with zero attached hydrogens (tertiary/aromatic N) is 16. The van der Waals surface area contributed by atoms with Crippen molar-refractivity contribution < 1.29 is 35.1 Å². The van der Waals surface area contributed by atoms with E-state index in [-0.39, 0.29) is 90.0 Å². The summed E-state index contributed by atoms with van der Waals surface area (Å²) in [5, 5.41) is 78.9. The number of aryl methyl sites for hydroxylation is 2. The van der Waals surface area contributed by atoms with Gasteiger partial charge < -0.3 is 0 Å². The van der Waals surface area contributed by atoms with Gasteiger partial charge in [-0.2, -0.15) is 42.1 Å². The Bertz CT molecular complexity index is 7430. The van der Waals surface area contributed by atoms with Gasteiger partial charge in [-0.25, -0.2) is 73.9 Å². The fourth-order valence-electron chi connectivity index (χ4n) is 15.5. The van der Waals surface area contributed by atoms with Crippen molar-refractivity contribution >= 4 is 77.8 Å². The lowest BCUT2D eigenvalue weighted by molar-refractivity contribution is 0.629. The predicted octanol–water partition coefficient (Wildman–Crippen LogP) is 29.9. The van der Waals surface area contributed by atoms with Gasteiger partial charge in [-0.15, -0.1) is 0 Å². The van der Waals surface area contributed by atoms with Gasteiger partial charge in [0.25, 0.3) is 0 Å². The molecule has 0 saturated carbocycles. The molecule has 15 aromatic carbocycles. The van der Waals surface area contributed by atoms with Gasteiger partial charge in [0.05, 0.1) is 97.1 Å². The second-order valence-corrected chi connectivity index (χ2v) is 28.9. The normalized spacial score (nSPS) is 10.1. The highest BCUT2D eigenvalue weighted by atomic mass is 19.2. The summed E-state index contributed by atoms with van der Waals surface area (Å²) in [6.07, 6.45) is 0. The molecule has 15 rings (SSSR count). The van der Waals surface area contributed by atoms with Gasteiger partial charge in [-0.3, -0.25) is 0 Å². The first-order valence-electron chi connectivity index (χ1n) is 38.2. The van der Waals surface area contributed by atoms with E-state index in [2.05, 4.69) is 38.8 Å². The number of hydrogen-bond donors (Lipinski definition) is 0. The Labute approximate surface area is 739 Å². The quantitative estimate of drug-likeness (QED) is 0.0806. The molecule has 24 heteroatoms. The summed E-state index contributed by atoms with van der Waals surface area (Å²) >= 11 is 0. The fraction of sp³-hybridized carbons (Fsp3) is 0.0566. The topological polar surface area (TPSA) is 225 Å². The number of hydrogen-bond acceptors (Lipinski definition) is 8. The molecule has 0 aliphatic heterocycles. The van der Waals surface area contributed by atoms with Crippen LogP contribution in [-0.2, 0) is 0 Å². The van der Waals surface area contributed by atoms with Crippen LogP contribution in [0.5, 0.6) is 0 Å². The maximum atomic E-state index is 14.5. The van der Waals surface area contributed by atoms with Gasteiger partial charge >= 0.3 is 0 Å². The zero-order valence-corrected chi connectivity index (χ0v) is 68.7. The van der Waals surface area contributed by atoms with Crippen molar-refractivity contribution in [2.45, 2.75) is 41.5 Å². The van der Waals surface area contributed by atoms with Crippen LogP contribution < -0.4 is 0 Å². The largest absolute Gasteiger partial charge is 0.235 e. The number of rotatable bonds is 8. The second-order valence-electron chi connectivity index (χ2n) is 28.9. The average Bonchev–Trinajstić information content (AvgIpc) is 0.727. The SMILES string of the molecule is [C-]#[N+]c1cc(-c2c(C)c(C)c(-c3cc(C#N)c(F)c([N+]#[C-])c3)c(C)c2C)cc(C#N)c1F.[C-]#[N+]c1cc(-c2c3ccccc3c(-c3cc(C#N)c(F)c([N+]#[C-])c3)c3ccccc23)cc(C#N)c1F.[C-]#[N+]c1cc(-c2cc(C)c(-c3cc(C#N)c(F)c([N+]#[C-])c3)cc2C)cc(C#N)c1F.[C-]#[N+]c1cc(-c2ccc(-c3cc(C#N)c(F)c([N+]#[C-])c3)c3ccccc23)cc(C#N)c1F. The van der Waals surface area contributed by atoms with E-state index in [1.165, 1.54) is 97.1 Å². The van der Waals surface area contributed by atoms with Crippen LogP contribution in [0.15, 0.2) is 194 Å². The minimum Gasteiger partial charge on any atom is -0.235 e. The number of benzene rings is 15.